The van der Waals surface area contributed by atoms with E-state index in [0.29, 0.717) is 27.9 Å². The van der Waals surface area contributed by atoms with Crippen molar-refractivity contribution in [1.29, 1.82) is 0 Å². The minimum Gasteiger partial charge on any atom is -0.346 e. The number of fused-ring (bicyclic) bond motifs is 1. The summed E-state index contributed by atoms with van der Waals surface area (Å²) in [5, 5.41) is 5.31. The van der Waals surface area contributed by atoms with Gasteiger partial charge in [0.2, 0.25) is 0 Å². The lowest BCUT2D eigenvalue weighted by Gasteiger charge is -2.36. The van der Waals surface area contributed by atoms with E-state index >= 15 is 0 Å². The van der Waals surface area contributed by atoms with Crippen LogP contribution in [0.5, 0.6) is 0 Å². The van der Waals surface area contributed by atoms with E-state index in [-0.39, 0.29) is 5.56 Å². The zero-order valence-electron chi connectivity index (χ0n) is 16.1. The molecule has 0 aliphatic carbocycles. The lowest BCUT2D eigenvalue weighted by molar-refractivity contribution is 0.173. The van der Waals surface area contributed by atoms with E-state index in [2.05, 4.69) is 25.1 Å². The number of piperazine rings is 1. The van der Waals surface area contributed by atoms with E-state index in [1.807, 2.05) is 43.3 Å². The third kappa shape index (κ3) is 4.58. The maximum atomic E-state index is 12.3. The van der Waals surface area contributed by atoms with E-state index in [9.17, 15) is 4.79 Å². The van der Waals surface area contributed by atoms with Crippen LogP contribution in [0, 0.1) is 6.92 Å². The van der Waals surface area contributed by atoms with Crippen molar-refractivity contribution in [2.75, 3.05) is 31.5 Å². The van der Waals surface area contributed by atoms with Crippen LogP contribution >= 0.6 is 23.8 Å². The molecule has 0 amide bonds. The first kappa shape index (κ1) is 19.8. The summed E-state index contributed by atoms with van der Waals surface area (Å²) in [6.07, 6.45) is 0. The highest BCUT2D eigenvalue weighted by Gasteiger charge is 2.20. The van der Waals surface area contributed by atoms with Crippen LogP contribution in [0.1, 0.15) is 11.4 Å². The van der Waals surface area contributed by atoms with Crippen molar-refractivity contribution >= 4 is 45.5 Å². The van der Waals surface area contributed by atoms with Crippen LogP contribution in [0.3, 0.4) is 0 Å². The molecule has 1 aromatic heterocycles. The third-order valence-electron chi connectivity index (χ3n) is 5.14. The Labute approximate surface area is 179 Å². The van der Waals surface area contributed by atoms with E-state index in [1.54, 1.807) is 6.07 Å². The fraction of sp³-hybridized carbons (Fsp3) is 0.286. The van der Waals surface area contributed by atoms with Crippen LogP contribution in [0.2, 0.25) is 5.02 Å². The SMILES string of the molecule is Cc1ccc(Cl)cc1NC(=S)N1CCN(Cc2nc3ccccc3c(=O)[nH]2)CC1. The van der Waals surface area contributed by atoms with Crippen LogP contribution in [-0.2, 0) is 6.54 Å². The number of hydrogen-bond donors (Lipinski definition) is 2. The first-order chi connectivity index (χ1) is 14.0. The molecule has 1 aliphatic heterocycles. The predicted octanol–water partition coefficient (Wildman–Crippen LogP) is 3.40. The Hall–Kier alpha value is -2.48. The molecule has 0 radical (unpaired) electrons. The maximum absolute atomic E-state index is 12.3. The summed E-state index contributed by atoms with van der Waals surface area (Å²) in [6, 6.07) is 13.1. The highest BCUT2D eigenvalue weighted by molar-refractivity contribution is 7.80. The normalized spacial score (nSPS) is 14.9. The molecule has 2 heterocycles. The van der Waals surface area contributed by atoms with Crippen LogP contribution in [0.25, 0.3) is 10.9 Å². The third-order valence-corrected chi connectivity index (χ3v) is 5.73. The Balaban J connectivity index is 1.36. The van der Waals surface area contributed by atoms with Gasteiger partial charge in [-0.05, 0) is 49.0 Å². The molecule has 0 unspecified atom stereocenters. The monoisotopic (exact) mass is 427 g/mol. The van der Waals surface area contributed by atoms with Crippen molar-refractivity contribution < 1.29 is 0 Å². The molecule has 1 aliphatic rings. The van der Waals surface area contributed by atoms with Gasteiger partial charge in [0.15, 0.2) is 5.11 Å². The number of aromatic amines is 1. The molecule has 1 saturated heterocycles. The lowest BCUT2D eigenvalue weighted by Crippen LogP contribution is -2.49. The van der Waals surface area contributed by atoms with Gasteiger partial charge in [-0.1, -0.05) is 29.8 Å². The molecule has 8 heteroatoms. The molecule has 3 aromatic rings. The maximum Gasteiger partial charge on any atom is 0.258 e. The minimum absolute atomic E-state index is 0.0912. The molecular weight excluding hydrogens is 406 g/mol. The number of thiocarbonyl (C=S) groups is 1. The molecule has 150 valence electrons. The molecule has 2 N–H and O–H groups in total. The highest BCUT2D eigenvalue weighted by atomic mass is 35.5. The molecule has 0 bridgehead atoms. The van der Waals surface area contributed by atoms with Crippen molar-refractivity contribution in [3.63, 3.8) is 0 Å². The number of H-pyrrole nitrogens is 1. The van der Waals surface area contributed by atoms with Crippen LogP contribution in [0.15, 0.2) is 47.3 Å². The summed E-state index contributed by atoms with van der Waals surface area (Å²) < 4.78 is 0. The number of hydrogen-bond acceptors (Lipinski definition) is 4. The number of nitrogens with one attached hydrogen (secondary N) is 2. The van der Waals surface area contributed by atoms with E-state index in [4.69, 9.17) is 23.8 Å². The fourth-order valence-electron chi connectivity index (χ4n) is 3.45. The van der Waals surface area contributed by atoms with Crippen LogP contribution in [-0.4, -0.2) is 51.1 Å². The Bertz CT molecular complexity index is 1110. The zero-order valence-corrected chi connectivity index (χ0v) is 17.7. The Kier molecular flexibility index (Phi) is 5.80. The average molecular weight is 428 g/mol. The van der Waals surface area contributed by atoms with Crippen molar-refractivity contribution in [2.45, 2.75) is 13.5 Å². The quantitative estimate of drug-likeness (QED) is 0.624. The summed E-state index contributed by atoms with van der Waals surface area (Å²) in [5.74, 6) is 0.692. The van der Waals surface area contributed by atoms with Crippen molar-refractivity contribution in [3.8, 4) is 0 Å². The van der Waals surface area contributed by atoms with Crippen LogP contribution in [0.4, 0.5) is 5.69 Å². The Morgan fingerprint density at radius 1 is 1.21 bits per heavy atom. The average Bonchev–Trinajstić information content (AvgIpc) is 2.71. The number of anilines is 1. The summed E-state index contributed by atoms with van der Waals surface area (Å²) in [7, 11) is 0. The van der Waals surface area contributed by atoms with E-state index < -0.39 is 0 Å². The second-order valence-electron chi connectivity index (χ2n) is 7.18. The van der Waals surface area contributed by atoms with Gasteiger partial charge in [0.05, 0.1) is 17.4 Å². The molecule has 4 rings (SSSR count). The molecule has 0 spiro atoms. The number of rotatable bonds is 3. The second-order valence-corrected chi connectivity index (χ2v) is 8.01. The number of para-hydroxylation sites is 1. The summed E-state index contributed by atoms with van der Waals surface area (Å²) in [5.41, 5.74) is 2.67. The number of nitrogens with zero attached hydrogens (tertiary/aromatic N) is 3. The van der Waals surface area contributed by atoms with Gasteiger partial charge in [0.25, 0.3) is 5.56 Å². The molecule has 29 heavy (non-hydrogen) atoms. The van der Waals surface area contributed by atoms with Crippen LogP contribution < -0.4 is 10.9 Å². The van der Waals surface area contributed by atoms with Gasteiger partial charge in [0.1, 0.15) is 5.82 Å². The zero-order chi connectivity index (χ0) is 20.4. The van der Waals surface area contributed by atoms with Gasteiger partial charge in [-0.25, -0.2) is 4.98 Å². The van der Waals surface area contributed by atoms with Gasteiger partial charge in [0, 0.05) is 36.9 Å². The molecular formula is C21H22ClN5OS. The van der Waals surface area contributed by atoms with Gasteiger partial charge in [-0.2, -0.15) is 0 Å². The van der Waals surface area contributed by atoms with E-state index in [1.165, 1.54) is 0 Å². The first-order valence-electron chi connectivity index (χ1n) is 9.52. The molecule has 0 atom stereocenters. The van der Waals surface area contributed by atoms with Crippen molar-refractivity contribution in [2.24, 2.45) is 0 Å². The summed E-state index contributed by atoms with van der Waals surface area (Å²) in [6.45, 7) is 5.93. The van der Waals surface area contributed by atoms with E-state index in [0.717, 1.165) is 42.9 Å². The molecule has 1 fully saturated rings. The topological polar surface area (TPSA) is 64.3 Å². The lowest BCUT2D eigenvalue weighted by atomic mass is 10.2. The van der Waals surface area contributed by atoms with Crippen molar-refractivity contribution in [1.82, 2.24) is 19.8 Å². The first-order valence-corrected chi connectivity index (χ1v) is 10.3. The number of halogens is 1. The summed E-state index contributed by atoms with van der Waals surface area (Å²) >= 11 is 11.7. The largest absolute Gasteiger partial charge is 0.346 e. The second kappa shape index (κ2) is 8.49. The van der Waals surface area contributed by atoms with Gasteiger partial charge >= 0.3 is 0 Å². The standard InChI is InChI=1S/C21H22ClN5OS/c1-14-6-7-15(22)12-18(14)24-21(29)27-10-8-26(9-11-27)13-19-23-17-5-3-2-4-16(17)20(28)25-19/h2-7,12H,8-11,13H2,1H3,(H,24,29)(H,23,25,28). The number of aromatic nitrogens is 2. The smallest absolute Gasteiger partial charge is 0.258 e. The molecule has 0 saturated carbocycles. The molecule has 2 aromatic carbocycles. The molecule has 6 nitrogen and oxygen atoms in total. The number of benzene rings is 2. The highest BCUT2D eigenvalue weighted by Crippen LogP contribution is 2.21. The number of aryl methyl sites for hydroxylation is 1. The summed E-state index contributed by atoms with van der Waals surface area (Å²) in [4.78, 5) is 24.2. The van der Waals surface area contributed by atoms with Gasteiger partial charge in [-0.15, -0.1) is 0 Å². The van der Waals surface area contributed by atoms with Gasteiger partial charge in [-0.3, -0.25) is 9.69 Å². The minimum atomic E-state index is -0.0912. The fourth-order valence-corrected chi connectivity index (χ4v) is 3.92. The Morgan fingerprint density at radius 2 is 1.97 bits per heavy atom. The van der Waals surface area contributed by atoms with Gasteiger partial charge < -0.3 is 15.2 Å². The Morgan fingerprint density at radius 3 is 2.76 bits per heavy atom. The van der Waals surface area contributed by atoms with Crippen molar-refractivity contribution in [3.05, 3.63) is 69.2 Å². The predicted molar refractivity (Wildman–Crippen MR) is 122 cm³/mol.